The van der Waals surface area contributed by atoms with E-state index in [4.69, 9.17) is 9.47 Å². The van der Waals surface area contributed by atoms with Crippen LogP contribution in [0.4, 0.5) is 0 Å². The van der Waals surface area contributed by atoms with Gasteiger partial charge in [-0.3, -0.25) is 0 Å². The molecule has 1 saturated heterocycles. The lowest BCUT2D eigenvalue weighted by Gasteiger charge is -2.59. The van der Waals surface area contributed by atoms with Crippen molar-refractivity contribution in [2.24, 2.45) is 35.5 Å². The third kappa shape index (κ3) is 3.44. The van der Waals surface area contributed by atoms with Crippen molar-refractivity contribution in [1.82, 2.24) is 0 Å². The molecule has 0 radical (unpaired) electrons. The summed E-state index contributed by atoms with van der Waals surface area (Å²) in [5.41, 5.74) is 5.80. The fourth-order valence-corrected chi connectivity index (χ4v) is 11.5. The van der Waals surface area contributed by atoms with Gasteiger partial charge in [0.1, 0.15) is 18.0 Å². The second kappa shape index (κ2) is 7.52. The van der Waals surface area contributed by atoms with Crippen molar-refractivity contribution in [1.29, 1.82) is 0 Å². The molecule has 2 heteroatoms. The highest BCUT2D eigenvalue weighted by molar-refractivity contribution is 5.52. The zero-order valence-corrected chi connectivity index (χ0v) is 22.4. The standard InChI is InChI=1S/C33H46O2/c1-19(2)27-10-29(33-15-24-7-25(16-33)9-26(8-24)17-33)30(35-20(3)31-18-34-31)11-28(27)32-12-21-4-22(13-32)6-23(5-21)14-32/h10-11,19-26,31H,4-9,12-18H2,1-3H3. The van der Waals surface area contributed by atoms with Crippen LogP contribution >= 0.6 is 0 Å². The highest BCUT2D eigenvalue weighted by Gasteiger charge is 2.55. The van der Waals surface area contributed by atoms with Gasteiger partial charge in [0, 0.05) is 5.56 Å². The Morgan fingerprint density at radius 1 is 0.686 bits per heavy atom. The van der Waals surface area contributed by atoms with Crippen LogP contribution in [0.1, 0.15) is 120 Å². The van der Waals surface area contributed by atoms with Crippen molar-refractivity contribution in [2.75, 3.05) is 6.61 Å². The Morgan fingerprint density at radius 3 is 1.51 bits per heavy atom. The SMILES string of the molecule is CC(C)c1cc(C23CC4CC(CC(C4)C2)C3)c(OC(C)C2CO2)cc1C12CC3CC(CC(C3)C1)C2. The predicted molar refractivity (Wildman–Crippen MR) is 140 cm³/mol. The Kier molecular flexibility index (Phi) is 4.73. The molecule has 1 heterocycles. The van der Waals surface area contributed by atoms with Gasteiger partial charge < -0.3 is 9.47 Å². The zero-order chi connectivity index (χ0) is 23.5. The van der Waals surface area contributed by atoms with Crippen molar-refractivity contribution < 1.29 is 9.47 Å². The molecule has 2 nitrogen and oxygen atoms in total. The average molecular weight is 475 g/mol. The van der Waals surface area contributed by atoms with Gasteiger partial charge in [0.2, 0.25) is 0 Å². The lowest BCUT2D eigenvalue weighted by molar-refractivity contribution is -0.00885. The molecule has 190 valence electrons. The molecule has 1 aliphatic heterocycles. The third-order valence-electron chi connectivity index (χ3n) is 12.2. The molecule has 9 aliphatic rings. The van der Waals surface area contributed by atoms with Gasteiger partial charge in [0.05, 0.1) is 6.61 Å². The van der Waals surface area contributed by atoms with Gasteiger partial charge in [-0.25, -0.2) is 0 Å². The van der Waals surface area contributed by atoms with Crippen molar-refractivity contribution >= 4 is 0 Å². The van der Waals surface area contributed by atoms with Crippen LogP contribution in [-0.2, 0) is 15.6 Å². The molecule has 10 rings (SSSR count). The Morgan fingerprint density at radius 2 is 1.11 bits per heavy atom. The lowest BCUT2D eigenvalue weighted by atomic mass is 9.46. The topological polar surface area (TPSA) is 21.8 Å². The van der Waals surface area contributed by atoms with Crippen LogP contribution in [0.25, 0.3) is 0 Å². The normalized spacial score (nSPS) is 47.5. The highest BCUT2D eigenvalue weighted by atomic mass is 16.6. The second-order valence-electron chi connectivity index (χ2n) is 15.2. The summed E-state index contributed by atoms with van der Waals surface area (Å²) in [7, 11) is 0. The average Bonchev–Trinajstić information content (AvgIpc) is 3.62. The summed E-state index contributed by atoms with van der Waals surface area (Å²) in [6.07, 6.45) is 18.1. The van der Waals surface area contributed by atoms with Crippen LogP contribution in [0.3, 0.4) is 0 Å². The molecule has 9 fully saturated rings. The van der Waals surface area contributed by atoms with Crippen LogP contribution in [0.5, 0.6) is 5.75 Å². The Hall–Kier alpha value is -1.02. The summed E-state index contributed by atoms with van der Waals surface area (Å²) in [5.74, 6) is 7.68. The molecule has 1 aromatic carbocycles. The van der Waals surface area contributed by atoms with E-state index in [0.29, 0.717) is 22.9 Å². The minimum absolute atomic E-state index is 0.164. The van der Waals surface area contributed by atoms with Crippen molar-refractivity contribution in [3.05, 3.63) is 28.8 Å². The first-order chi connectivity index (χ1) is 16.9. The molecule has 0 N–H and O–H groups in total. The maximum atomic E-state index is 6.97. The van der Waals surface area contributed by atoms with E-state index in [-0.39, 0.29) is 6.10 Å². The zero-order valence-electron chi connectivity index (χ0n) is 22.4. The van der Waals surface area contributed by atoms with Gasteiger partial charge in [0.25, 0.3) is 0 Å². The first-order valence-electron chi connectivity index (χ1n) is 15.4. The predicted octanol–water partition coefficient (Wildman–Crippen LogP) is 7.91. The van der Waals surface area contributed by atoms with E-state index in [1.165, 1.54) is 82.8 Å². The van der Waals surface area contributed by atoms with Gasteiger partial charge in [-0.15, -0.1) is 0 Å². The molecule has 8 bridgehead atoms. The molecule has 35 heavy (non-hydrogen) atoms. The first-order valence-corrected chi connectivity index (χ1v) is 15.4. The van der Waals surface area contributed by atoms with Crippen LogP contribution in [0, 0.1) is 35.5 Å². The third-order valence-corrected chi connectivity index (χ3v) is 12.2. The molecule has 8 aliphatic carbocycles. The molecule has 0 aromatic heterocycles. The van der Waals surface area contributed by atoms with E-state index in [0.717, 1.165) is 42.1 Å². The summed E-state index contributed by atoms with van der Waals surface area (Å²) in [6.45, 7) is 8.05. The van der Waals surface area contributed by atoms with Crippen molar-refractivity contribution in [3.63, 3.8) is 0 Å². The van der Waals surface area contributed by atoms with Gasteiger partial charge >= 0.3 is 0 Å². The number of benzene rings is 1. The molecular formula is C33H46O2. The minimum Gasteiger partial charge on any atom is -0.488 e. The molecule has 2 unspecified atom stereocenters. The van der Waals surface area contributed by atoms with Crippen LogP contribution < -0.4 is 4.74 Å². The van der Waals surface area contributed by atoms with E-state index in [1.54, 1.807) is 16.7 Å². The van der Waals surface area contributed by atoms with E-state index >= 15 is 0 Å². The Labute approximate surface area is 212 Å². The van der Waals surface area contributed by atoms with E-state index in [1.807, 2.05) is 0 Å². The summed E-state index contributed by atoms with van der Waals surface area (Å²) >= 11 is 0. The van der Waals surface area contributed by atoms with Crippen molar-refractivity contribution in [2.45, 2.75) is 127 Å². The largest absolute Gasteiger partial charge is 0.488 e. The van der Waals surface area contributed by atoms with Gasteiger partial charge in [-0.1, -0.05) is 19.9 Å². The van der Waals surface area contributed by atoms with Crippen molar-refractivity contribution in [3.8, 4) is 5.75 Å². The van der Waals surface area contributed by atoms with Crippen LogP contribution in [0.2, 0.25) is 0 Å². The summed E-state index contributed by atoms with van der Waals surface area (Å²) in [6, 6.07) is 5.39. The van der Waals surface area contributed by atoms with Crippen LogP contribution in [-0.4, -0.2) is 18.8 Å². The summed E-state index contributed by atoms with van der Waals surface area (Å²) in [4.78, 5) is 0. The van der Waals surface area contributed by atoms with E-state index in [2.05, 4.69) is 32.9 Å². The second-order valence-corrected chi connectivity index (χ2v) is 15.2. The Balaban J connectivity index is 1.27. The fraction of sp³-hybridized carbons (Fsp3) is 0.818. The summed E-state index contributed by atoms with van der Waals surface area (Å²) < 4.78 is 12.7. The first kappa shape index (κ1) is 22.0. The summed E-state index contributed by atoms with van der Waals surface area (Å²) in [5, 5.41) is 0. The highest BCUT2D eigenvalue weighted by Crippen LogP contribution is 2.65. The molecule has 8 saturated carbocycles. The maximum Gasteiger partial charge on any atom is 0.124 e. The fourth-order valence-electron chi connectivity index (χ4n) is 11.5. The molecule has 0 amide bonds. The van der Waals surface area contributed by atoms with Gasteiger partial charge in [0.15, 0.2) is 0 Å². The maximum absolute atomic E-state index is 6.97. The number of ether oxygens (including phenoxy) is 2. The van der Waals surface area contributed by atoms with E-state index < -0.39 is 0 Å². The molecule has 0 spiro atoms. The monoisotopic (exact) mass is 474 g/mol. The van der Waals surface area contributed by atoms with E-state index in [9.17, 15) is 0 Å². The van der Waals surface area contributed by atoms with Gasteiger partial charge in [-0.2, -0.15) is 0 Å². The molecule has 1 aromatic rings. The van der Waals surface area contributed by atoms with Gasteiger partial charge in [-0.05, 0) is 153 Å². The number of rotatable bonds is 6. The smallest absolute Gasteiger partial charge is 0.124 e. The number of epoxide rings is 1. The minimum atomic E-state index is 0.164. The lowest BCUT2D eigenvalue weighted by Crippen LogP contribution is -2.50. The Bertz CT molecular complexity index is 946. The number of hydrogen-bond donors (Lipinski definition) is 0. The number of hydrogen-bond acceptors (Lipinski definition) is 2. The molecular weight excluding hydrogens is 428 g/mol. The molecule has 2 atom stereocenters. The quantitative estimate of drug-likeness (QED) is 0.391. The van der Waals surface area contributed by atoms with Crippen LogP contribution in [0.15, 0.2) is 12.1 Å².